The number of aromatic nitrogens is 3. The molecule has 202 valence electrons. The summed E-state index contributed by atoms with van der Waals surface area (Å²) in [5.74, 6) is -0.802. The smallest absolute Gasteiger partial charge is 0.249 e. The maximum Gasteiger partial charge on any atom is 0.249 e. The van der Waals surface area contributed by atoms with Gasteiger partial charge in [-0.05, 0) is 69.0 Å². The van der Waals surface area contributed by atoms with Crippen molar-refractivity contribution in [3.05, 3.63) is 89.5 Å². The summed E-state index contributed by atoms with van der Waals surface area (Å²) in [6.45, 7) is 9.30. The van der Waals surface area contributed by atoms with Crippen LogP contribution in [0.15, 0.2) is 72.8 Å². The highest BCUT2D eigenvalue weighted by Gasteiger charge is 2.35. The van der Waals surface area contributed by atoms with E-state index < -0.39 is 11.6 Å². The van der Waals surface area contributed by atoms with E-state index in [4.69, 9.17) is 0 Å². The number of nitrogens with zero attached hydrogens (tertiary/aromatic N) is 4. The van der Waals surface area contributed by atoms with Gasteiger partial charge in [-0.25, -0.2) is 4.68 Å². The van der Waals surface area contributed by atoms with Gasteiger partial charge in [0.05, 0.1) is 5.52 Å². The zero-order valence-corrected chi connectivity index (χ0v) is 23.1. The molecule has 39 heavy (non-hydrogen) atoms. The summed E-state index contributed by atoms with van der Waals surface area (Å²) < 4.78 is 1.53. The van der Waals surface area contributed by atoms with Crippen LogP contribution in [0.1, 0.15) is 68.6 Å². The fraction of sp³-hybridized carbons (Fsp3) is 0.323. The number of carbonyl (C=O) groups excluding carboxylic acids is 3. The van der Waals surface area contributed by atoms with Gasteiger partial charge in [-0.1, -0.05) is 67.6 Å². The van der Waals surface area contributed by atoms with Gasteiger partial charge >= 0.3 is 0 Å². The monoisotopic (exact) mass is 525 g/mol. The quantitative estimate of drug-likeness (QED) is 0.284. The molecule has 3 aromatic carbocycles. The minimum Gasteiger partial charge on any atom is -0.349 e. The lowest BCUT2D eigenvalue weighted by Crippen LogP contribution is -2.51. The highest BCUT2D eigenvalue weighted by molar-refractivity contribution is 6.03. The van der Waals surface area contributed by atoms with Crippen molar-refractivity contribution in [2.24, 2.45) is 0 Å². The number of aryl methyl sites for hydroxylation is 1. The average Bonchev–Trinajstić information content (AvgIpc) is 3.34. The summed E-state index contributed by atoms with van der Waals surface area (Å²) in [5.41, 5.74) is 3.58. The molecule has 0 aliphatic rings. The van der Waals surface area contributed by atoms with Crippen molar-refractivity contribution in [1.82, 2.24) is 20.3 Å². The van der Waals surface area contributed by atoms with Crippen molar-refractivity contribution in [1.29, 1.82) is 0 Å². The van der Waals surface area contributed by atoms with Crippen LogP contribution in [0.25, 0.3) is 11.0 Å². The second kappa shape index (κ2) is 11.6. The Kier molecular flexibility index (Phi) is 8.24. The third-order valence-corrected chi connectivity index (χ3v) is 7.06. The van der Waals surface area contributed by atoms with E-state index in [0.29, 0.717) is 34.3 Å². The van der Waals surface area contributed by atoms with Crippen LogP contribution in [0.5, 0.6) is 0 Å². The molecule has 0 unspecified atom stereocenters. The zero-order chi connectivity index (χ0) is 28.2. The lowest BCUT2D eigenvalue weighted by Gasteiger charge is -2.35. The van der Waals surface area contributed by atoms with Crippen molar-refractivity contribution < 1.29 is 14.4 Å². The Morgan fingerprint density at radius 1 is 0.974 bits per heavy atom. The van der Waals surface area contributed by atoms with E-state index in [1.165, 1.54) is 16.5 Å². The van der Waals surface area contributed by atoms with Gasteiger partial charge in [0.1, 0.15) is 18.1 Å². The van der Waals surface area contributed by atoms with Gasteiger partial charge in [0.15, 0.2) is 5.78 Å². The van der Waals surface area contributed by atoms with Crippen molar-refractivity contribution in [2.45, 2.75) is 65.6 Å². The summed E-state index contributed by atoms with van der Waals surface area (Å²) in [7, 11) is 0. The first-order valence-corrected chi connectivity index (χ1v) is 13.3. The van der Waals surface area contributed by atoms with Gasteiger partial charge in [0, 0.05) is 16.8 Å². The lowest BCUT2D eigenvalue weighted by molar-refractivity contribution is -0.128. The summed E-state index contributed by atoms with van der Waals surface area (Å²) in [6, 6.07) is 21.0. The molecule has 0 saturated heterocycles. The van der Waals surface area contributed by atoms with Crippen LogP contribution in [0, 0.1) is 0 Å². The Labute approximate surface area is 229 Å². The number of hydrogen-bond acceptors (Lipinski definition) is 5. The second-order valence-electron chi connectivity index (χ2n) is 10.3. The van der Waals surface area contributed by atoms with E-state index in [-0.39, 0.29) is 24.1 Å². The first kappa shape index (κ1) is 27.7. The molecule has 0 saturated carbocycles. The van der Waals surface area contributed by atoms with E-state index in [2.05, 4.69) is 22.6 Å². The summed E-state index contributed by atoms with van der Waals surface area (Å²) in [4.78, 5) is 41.9. The van der Waals surface area contributed by atoms with E-state index in [1.807, 2.05) is 69.3 Å². The minimum atomic E-state index is -0.980. The van der Waals surface area contributed by atoms with Gasteiger partial charge < -0.3 is 5.32 Å². The van der Waals surface area contributed by atoms with Crippen LogP contribution in [-0.4, -0.2) is 38.1 Å². The molecule has 0 aliphatic heterocycles. The number of carbonyl (C=O) groups is 3. The van der Waals surface area contributed by atoms with Crippen molar-refractivity contribution in [3.63, 3.8) is 0 Å². The summed E-state index contributed by atoms with van der Waals surface area (Å²) >= 11 is 0. The van der Waals surface area contributed by atoms with Crippen LogP contribution in [0.3, 0.4) is 0 Å². The van der Waals surface area contributed by atoms with Crippen molar-refractivity contribution >= 4 is 34.3 Å². The van der Waals surface area contributed by atoms with Gasteiger partial charge in [-0.15, -0.1) is 5.10 Å². The highest BCUT2D eigenvalue weighted by Crippen LogP contribution is 2.31. The van der Waals surface area contributed by atoms with Crippen molar-refractivity contribution in [3.8, 4) is 0 Å². The maximum absolute atomic E-state index is 14.2. The predicted molar refractivity (Wildman–Crippen MR) is 153 cm³/mol. The molecule has 0 aliphatic carbocycles. The Hall–Kier alpha value is -4.33. The van der Waals surface area contributed by atoms with Crippen LogP contribution in [0.4, 0.5) is 5.69 Å². The third-order valence-electron chi connectivity index (χ3n) is 7.06. The Morgan fingerprint density at radius 2 is 1.69 bits per heavy atom. The maximum atomic E-state index is 14.2. The number of Topliss-reactive ketones (excluding diaryl/α,β-unsaturated/α-hetero) is 1. The Bertz CT molecular complexity index is 1490. The largest absolute Gasteiger partial charge is 0.349 e. The number of anilines is 1. The molecule has 1 heterocycles. The summed E-state index contributed by atoms with van der Waals surface area (Å²) in [6.07, 6.45) is 1.56. The molecule has 0 fully saturated rings. The number of benzene rings is 3. The van der Waals surface area contributed by atoms with E-state index >= 15 is 0 Å². The molecule has 1 aromatic heterocycles. The number of amides is 2. The lowest BCUT2D eigenvalue weighted by atomic mass is 9.97. The Morgan fingerprint density at radius 3 is 2.36 bits per heavy atom. The van der Waals surface area contributed by atoms with Gasteiger partial charge in [0.2, 0.25) is 11.8 Å². The molecule has 8 heteroatoms. The van der Waals surface area contributed by atoms with Crippen LogP contribution in [0.2, 0.25) is 0 Å². The molecule has 4 rings (SSSR count). The van der Waals surface area contributed by atoms with Gasteiger partial charge in [-0.2, -0.15) is 0 Å². The predicted octanol–water partition coefficient (Wildman–Crippen LogP) is 5.28. The molecular formula is C31H35N5O3. The zero-order valence-electron chi connectivity index (χ0n) is 23.1. The molecular weight excluding hydrogens is 490 g/mol. The van der Waals surface area contributed by atoms with Gasteiger partial charge in [0.25, 0.3) is 0 Å². The minimum absolute atomic E-state index is 0.132. The number of nitrogens with one attached hydrogen (secondary N) is 1. The Balaban J connectivity index is 1.86. The SMILES string of the molecule is CCc1ccc([C@H](C(=O)NC(C)(C)CC)N(C(=O)Cn2nnc3ccccc32)c2cccc(C(C)=O)c2)cc1. The molecule has 4 aromatic rings. The average molecular weight is 526 g/mol. The van der Waals surface area contributed by atoms with Crippen LogP contribution in [-0.2, 0) is 22.6 Å². The third kappa shape index (κ3) is 6.22. The van der Waals surface area contributed by atoms with Gasteiger partial charge in [-0.3, -0.25) is 19.3 Å². The summed E-state index contributed by atoms with van der Waals surface area (Å²) in [5, 5.41) is 11.5. The number of rotatable bonds is 10. The fourth-order valence-corrected chi connectivity index (χ4v) is 4.39. The van der Waals surface area contributed by atoms with E-state index in [1.54, 1.807) is 24.3 Å². The number of hydrogen-bond donors (Lipinski definition) is 1. The molecule has 1 N–H and O–H groups in total. The second-order valence-corrected chi connectivity index (χ2v) is 10.3. The molecule has 0 bridgehead atoms. The topological polar surface area (TPSA) is 97.2 Å². The van der Waals surface area contributed by atoms with Crippen molar-refractivity contribution in [2.75, 3.05) is 4.90 Å². The molecule has 1 atom stereocenters. The first-order valence-electron chi connectivity index (χ1n) is 13.3. The van der Waals surface area contributed by atoms with Crippen LogP contribution < -0.4 is 10.2 Å². The molecule has 0 spiro atoms. The normalized spacial score (nSPS) is 12.2. The van der Waals surface area contributed by atoms with E-state index in [9.17, 15) is 14.4 Å². The van der Waals surface area contributed by atoms with E-state index in [0.717, 1.165) is 12.0 Å². The molecule has 0 radical (unpaired) electrons. The molecule has 8 nitrogen and oxygen atoms in total. The highest BCUT2D eigenvalue weighted by atomic mass is 16.2. The number of para-hydroxylation sites is 1. The first-order chi connectivity index (χ1) is 18.6. The van der Waals surface area contributed by atoms with Crippen LogP contribution >= 0.6 is 0 Å². The number of fused-ring (bicyclic) bond motifs is 1. The standard InChI is InChI=1S/C31H35N5O3/c1-6-22-15-17-23(18-16-22)29(30(39)32-31(4,5)7-2)36(25-12-10-11-24(19-25)21(3)37)28(38)20-35-27-14-9-8-13-26(27)33-34-35/h8-19,29H,6-7,20H2,1-5H3,(H,32,39)/t29-/m1/s1. The number of ketones is 1. The molecule has 2 amide bonds. The fourth-order valence-electron chi connectivity index (χ4n) is 4.39.